The number of aryl methyl sites for hydroxylation is 2. The van der Waals surface area contributed by atoms with Gasteiger partial charge in [-0.2, -0.15) is 0 Å². The summed E-state index contributed by atoms with van der Waals surface area (Å²) in [7, 11) is 0. The van der Waals surface area contributed by atoms with Gasteiger partial charge in [0.05, 0.1) is 19.1 Å². The number of carbonyl (C=O) groups is 1. The lowest BCUT2D eigenvalue weighted by Crippen LogP contribution is -2.38. The molecule has 4 heteroatoms. The number of hydrogen-bond acceptors (Lipinski definition) is 3. The van der Waals surface area contributed by atoms with Crippen molar-refractivity contribution < 1.29 is 14.6 Å². The topological polar surface area (TPSA) is 58.6 Å². The summed E-state index contributed by atoms with van der Waals surface area (Å²) in [4.78, 5) is 11.6. The molecule has 1 saturated carbocycles. The number of rotatable bonds is 6. The Morgan fingerprint density at radius 2 is 1.95 bits per heavy atom. The van der Waals surface area contributed by atoms with Gasteiger partial charge in [0.25, 0.3) is 0 Å². The molecule has 1 aliphatic carbocycles. The molecule has 1 aromatic rings. The minimum absolute atomic E-state index is 0.00997. The summed E-state index contributed by atoms with van der Waals surface area (Å²) in [5, 5.41) is 12.0. The summed E-state index contributed by atoms with van der Waals surface area (Å²) >= 11 is 0. The molecule has 0 atom stereocenters. The summed E-state index contributed by atoms with van der Waals surface area (Å²) in [5.74, 6) is 1.27. The Labute approximate surface area is 120 Å². The number of nitrogens with one attached hydrogen (secondary N) is 1. The second-order valence-corrected chi connectivity index (χ2v) is 5.72. The highest BCUT2D eigenvalue weighted by Crippen LogP contribution is 2.26. The number of hydrogen-bond donors (Lipinski definition) is 2. The Morgan fingerprint density at radius 3 is 2.55 bits per heavy atom. The van der Waals surface area contributed by atoms with Gasteiger partial charge in [-0.25, -0.2) is 0 Å². The van der Waals surface area contributed by atoms with E-state index in [9.17, 15) is 4.79 Å². The Morgan fingerprint density at radius 1 is 1.30 bits per heavy atom. The van der Waals surface area contributed by atoms with Crippen LogP contribution in [-0.4, -0.2) is 30.3 Å². The first-order valence-corrected chi connectivity index (χ1v) is 7.19. The molecule has 1 aromatic carbocycles. The first kappa shape index (κ1) is 14.9. The molecular weight excluding hydrogens is 254 g/mol. The van der Waals surface area contributed by atoms with Crippen molar-refractivity contribution in [3.63, 3.8) is 0 Å². The van der Waals surface area contributed by atoms with Crippen LogP contribution in [0.2, 0.25) is 0 Å². The highest BCUT2D eigenvalue weighted by Gasteiger charge is 2.26. The van der Waals surface area contributed by atoms with Crippen LogP contribution in [0.3, 0.4) is 0 Å². The lowest BCUT2D eigenvalue weighted by Gasteiger charge is -2.31. The van der Waals surface area contributed by atoms with Crippen LogP contribution in [0.4, 0.5) is 0 Å². The van der Waals surface area contributed by atoms with Crippen LogP contribution < -0.4 is 10.1 Å². The molecule has 1 amide bonds. The highest BCUT2D eigenvalue weighted by molar-refractivity contribution is 5.76. The molecule has 2 rings (SSSR count). The first-order chi connectivity index (χ1) is 9.52. The van der Waals surface area contributed by atoms with Gasteiger partial charge in [0.1, 0.15) is 5.75 Å². The third kappa shape index (κ3) is 4.53. The molecule has 0 heterocycles. The second kappa shape index (κ2) is 6.75. The maximum Gasteiger partial charge on any atom is 0.223 e. The maximum atomic E-state index is 11.6. The molecule has 0 radical (unpaired) electrons. The molecule has 0 aliphatic heterocycles. The van der Waals surface area contributed by atoms with E-state index in [2.05, 4.69) is 11.4 Å². The largest absolute Gasteiger partial charge is 0.493 e. The maximum absolute atomic E-state index is 11.6. The van der Waals surface area contributed by atoms with Gasteiger partial charge in [0.2, 0.25) is 5.91 Å². The quantitative estimate of drug-likeness (QED) is 0.835. The fourth-order valence-corrected chi connectivity index (χ4v) is 2.49. The molecule has 0 aromatic heterocycles. The number of aliphatic hydroxyl groups excluding tert-OH is 1. The minimum Gasteiger partial charge on any atom is -0.493 e. The van der Waals surface area contributed by atoms with Crippen LogP contribution in [0.25, 0.3) is 0 Å². The predicted molar refractivity (Wildman–Crippen MR) is 77.8 cm³/mol. The summed E-state index contributed by atoms with van der Waals surface area (Å²) < 4.78 is 5.60. The monoisotopic (exact) mass is 277 g/mol. The van der Waals surface area contributed by atoms with E-state index < -0.39 is 0 Å². The number of amides is 1. The van der Waals surface area contributed by atoms with E-state index >= 15 is 0 Å². The summed E-state index contributed by atoms with van der Waals surface area (Å²) in [6.07, 6.45) is 1.81. The number of benzene rings is 1. The molecule has 1 aliphatic rings. The molecule has 0 unspecified atom stereocenters. The van der Waals surface area contributed by atoms with Crippen molar-refractivity contribution in [1.29, 1.82) is 0 Å². The summed E-state index contributed by atoms with van der Waals surface area (Å²) in [6.45, 7) is 5.11. The Kier molecular flexibility index (Phi) is 5.01. The van der Waals surface area contributed by atoms with Crippen LogP contribution in [-0.2, 0) is 4.79 Å². The average molecular weight is 277 g/mol. The number of ether oxygens (including phenoxy) is 1. The van der Waals surface area contributed by atoms with E-state index in [0.717, 1.165) is 29.7 Å². The minimum atomic E-state index is -0.162. The first-order valence-electron chi connectivity index (χ1n) is 7.19. The molecule has 4 nitrogen and oxygen atoms in total. The number of aliphatic hydroxyl groups is 1. The zero-order valence-corrected chi connectivity index (χ0v) is 12.2. The van der Waals surface area contributed by atoms with Crippen molar-refractivity contribution in [2.24, 2.45) is 5.92 Å². The second-order valence-electron chi connectivity index (χ2n) is 5.72. The fraction of sp³-hybridized carbons (Fsp3) is 0.562. The van der Waals surface area contributed by atoms with Crippen LogP contribution >= 0.6 is 0 Å². The SMILES string of the molecule is Cc1cc(C)cc(OCCC(=O)NCC2CC(O)C2)c1. The average Bonchev–Trinajstić information content (AvgIpc) is 2.32. The zero-order valence-electron chi connectivity index (χ0n) is 12.2. The molecule has 0 bridgehead atoms. The standard InChI is InChI=1S/C16H23NO3/c1-11-5-12(2)7-15(6-11)20-4-3-16(19)17-10-13-8-14(18)9-13/h5-7,13-14,18H,3-4,8-10H2,1-2H3,(H,17,19). The molecular formula is C16H23NO3. The summed E-state index contributed by atoms with van der Waals surface area (Å²) in [5.41, 5.74) is 2.32. The van der Waals surface area contributed by atoms with E-state index in [1.54, 1.807) is 0 Å². The van der Waals surface area contributed by atoms with E-state index in [0.29, 0.717) is 25.5 Å². The van der Waals surface area contributed by atoms with Gasteiger partial charge in [-0.1, -0.05) is 6.07 Å². The molecule has 110 valence electrons. The summed E-state index contributed by atoms with van der Waals surface area (Å²) in [6, 6.07) is 6.04. The van der Waals surface area contributed by atoms with Gasteiger partial charge in [0.15, 0.2) is 0 Å². The van der Waals surface area contributed by atoms with E-state index in [-0.39, 0.29) is 12.0 Å². The predicted octanol–water partition coefficient (Wildman–Crippen LogP) is 1.96. The lowest BCUT2D eigenvalue weighted by atomic mass is 9.82. The van der Waals surface area contributed by atoms with E-state index in [1.165, 1.54) is 0 Å². The lowest BCUT2D eigenvalue weighted by molar-refractivity contribution is -0.122. The number of carbonyl (C=O) groups excluding carboxylic acids is 1. The molecule has 0 spiro atoms. The smallest absolute Gasteiger partial charge is 0.223 e. The van der Waals surface area contributed by atoms with E-state index in [4.69, 9.17) is 9.84 Å². The van der Waals surface area contributed by atoms with Crippen molar-refractivity contribution in [2.45, 2.75) is 39.2 Å². The van der Waals surface area contributed by atoms with Crippen molar-refractivity contribution >= 4 is 5.91 Å². The van der Waals surface area contributed by atoms with Crippen LogP contribution in [0.5, 0.6) is 5.75 Å². The van der Waals surface area contributed by atoms with Crippen molar-refractivity contribution in [1.82, 2.24) is 5.32 Å². The normalized spacial score (nSPS) is 21.1. The molecule has 2 N–H and O–H groups in total. The molecule has 1 fully saturated rings. The van der Waals surface area contributed by atoms with Gasteiger partial charge in [-0.05, 0) is 55.9 Å². The van der Waals surface area contributed by atoms with Crippen molar-refractivity contribution in [3.8, 4) is 5.75 Å². The van der Waals surface area contributed by atoms with Crippen molar-refractivity contribution in [3.05, 3.63) is 29.3 Å². The zero-order chi connectivity index (χ0) is 14.5. The van der Waals surface area contributed by atoms with Crippen LogP contribution in [0.15, 0.2) is 18.2 Å². The highest BCUT2D eigenvalue weighted by atomic mass is 16.5. The van der Waals surface area contributed by atoms with Gasteiger partial charge in [-0.3, -0.25) is 4.79 Å². The third-order valence-electron chi connectivity index (χ3n) is 3.59. The Balaban J connectivity index is 1.63. The van der Waals surface area contributed by atoms with Gasteiger partial charge in [-0.15, -0.1) is 0 Å². The van der Waals surface area contributed by atoms with Crippen molar-refractivity contribution in [2.75, 3.05) is 13.2 Å². The molecule has 0 saturated heterocycles. The van der Waals surface area contributed by atoms with E-state index in [1.807, 2.05) is 26.0 Å². The molecule has 20 heavy (non-hydrogen) atoms. The Hall–Kier alpha value is -1.55. The third-order valence-corrected chi connectivity index (χ3v) is 3.59. The van der Waals surface area contributed by atoms with Crippen LogP contribution in [0, 0.1) is 19.8 Å². The van der Waals surface area contributed by atoms with Crippen LogP contribution in [0.1, 0.15) is 30.4 Å². The van der Waals surface area contributed by atoms with Gasteiger partial charge in [0, 0.05) is 6.54 Å². The fourth-order valence-electron chi connectivity index (χ4n) is 2.49. The van der Waals surface area contributed by atoms with Gasteiger partial charge < -0.3 is 15.2 Å². The van der Waals surface area contributed by atoms with Gasteiger partial charge >= 0.3 is 0 Å². The Bertz CT molecular complexity index is 447.